The lowest BCUT2D eigenvalue weighted by atomic mass is 10.1. The maximum absolute atomic E-state index is 12.5. The van der Waals surface area contributed by atoms with E-state index >= 15 is 0 Å². The highest BCUT2D eigenvalue weighted by atomic mass is 79.9. The topological polar surface area (TPSA) is 46.3 Å². The highest BCUT2D eigenvalue weighted by molar-refractivity contribution is 9.10. The van der Waals surface area contributed by atoms with Crippen LogP contribution in [0.5, 0.6) is 0 Å². The van der Waals surface area contributed by atoms with Crippen molar-refractivity contribution in [3.63, 3.8) is 0 Å². The molecular weight excluding hydrogens is 316 g/mol. The molecule has 1 unspecified atom stereocenters. The van der Waals surface area contributed by atoms with Crippen LogP contribution in [-0.2, 0) is 11.3 Å². The molecule has 2 N–H and O–H groups in total. The molecule has 110 valence electrons. The fourth-order valence-electron chi connectivity index (χ4n) is 2.43. The van der Waals surface area contributed by atoms with Gasteiger partial charge in [-0.3, -0.25) is 4.79 Å². The van der Waals surface area contributed by atoms with Gasteiger partial charge < -0.3 is 10.6 Å². The standard InChI is InChI=1S/C16H23BrN2O/c1-2-5-13(18)10-16(20)19(14-8-9-14)11-12-6-3-4-7-15(12)17/h3-4,6-7,13-14H,2,5,8-11,18H2,1H3. The Kier molecular flexibility index (Phi) is 5.61. The van der Waals surface area contributed by atoms with Gasteiger partial charge >= 0.3 is 0 Å². The molecule has 2 rings (SSSR count). The van der Waals surface area contributed by atoms with Crippen molar-refractivity contribution in [2.75, 3.05) is 0 Å². The number of rotatable bonds is 7. The van der Waals surface area contributed by atoms with Gasteiger partial charge in [-0.15, -0.1) is 0 Å². The van der Waals surface area contributed by atoms with Crippen LogP contribution in [-0.4, -0.2) is 22.9 Å². The van der Waals surface area contributed by atoms with Crippen molar-refractivity contribution in [1.29, 1.82) is 0 Å². The van der Waals surface area contributed by atoms with Gasteiger partial charge in [0.2, 0.25) is 5.91 Å². The third-order valence-electron chi connectivity index (χ3n) is 3.70. The number of benzene rings is 1. The Morgan fingerprint density at radius 2 is 2.15 bits per heavy atom. The monoisotopic (exact) mass is 338 g/mol. The molecule has 3 nitrogen and oxygen atoms in total. The van der Waals surface area contributed by atoms with Crippen LogP contribution in [0.25, 0.3) is 0 Å². The number of amides is 1. The quantitative estimate of drug-likeness (QED) is 0.827. The Labute approximate surface area is 129 Å². The van der Waals surface area contributed by atoms with E-state index in [0.717, 1.165) is 35.7 Å². The van der Waals surface area contributed by atoms with Crippen LogP contribution >= 0.6 is 15.9 Å². The average Bonchev–Trinajstić information content (AvgIpc) is 3.22. The third kappa shape index (κ3) is 4.32. The van der Waals surface area contributed by atoms with E-state index < -0.39 is 0 Å². The summed E-state index contributed by atoms with van der Waals surface area (Å²) in [5, 5.41) is 0. The molecule has 1 fully saturated rings. The number of nitrogens with two attached hydrogens (primary N) is 1. The van der Waals surface area contributed by atoms with Crippen LogP contribution in [0.2, 0.25) is 0 Å². The van der Waals surface area contributed by atoms with Gasteiger partial charge in [-0.2, -0.15) is 0 Å². The predicted octanol–water partition coefficient (Wildman–Crippen LogP) is 3.46. The van der Waals surface area contributed by atoms with E-state index in [9.17, 15) is 4.79 Å². The van der Waals surface area contributed by atoms with E-state index in [2.05, 4.69) is 28.9 Å². The maximum Gasteiger partial charge on any atom is 0.224 e. The second kappa shape index (κ2) is 7.23. The van der Waals surface area contributed by atoms with Gasteiger partial charge in [0.05, 0.1) is 0 Å². The zero-order valence-corrected chi connectivity index (χ0v) is 13.6. The second-order valence-corrected chi connectivity index (χ2v) is 6.45. The minimum Gasteiger partial charge on any atom is -0.335 e. The molecule has 4 heteroatoms. The van der Waals surface area contributed by atoms with Crippen LogP contribution in [0.15, 0.2) is 28.7 Å². The lowest BCUT2D eigenvalue weighted by Gasteiger charge is -2.24. The van der Waals surface area contributed by atoms with Crippen molar-refractivity contribution in [3.05, 3.63) is 34.3 Å². The highest BCUT2D eigenvalue weighted by Crippen LogP contribution is 2.30. The second-order valence-electron chi connectivity index (χ2n) is 5.60. The lowest BCUT2D eigenvalue weighted by Crippen LogP contribution is -2.37. The van der Waals surface area contributed by atoms with E-state index in [-0.39, 0.29) is 11.9 Å². The normalized spacial score (nSPS) is 15.9. The molecule has 0 aromatic heterocycles. The van der Waals surface area contributed by atoms with Gasteiger partial charge in [0.1, 0.15) is 0 Å². The first-order valence-electron chi connectivity index (χ1n) is 7.40. The molecule has 1 aliphatic rings. The molecule has 1 aromatic carbocycles. The van der Waals surface area contributed by atoms with E-state index in [1.807, 2.05) is 23.1 Å². The summed E-state index contributed by atoms with van der Waals surface area (Å²) in [7, 11) is 0. The van der Waals surface area contributed by atoms with Crippen molar-refractivity contribution in [1.82, 2.24) is 4.90 Å². The van der Waals surface area contributed by atoms with Gasteiger partial charge in [0.15, 0.2) is 0 Å². The number of carbonyl (C=O) groups is 1. The van der Waals surface area contributed by atoms with Crippen molar-refractivity contribution in [2.24, 2.45) is 5.73 Å². The van der Waals surface area contributed by atoms with Crippen LogP contribution in [0, 0.1) is 0 Å². The number of hydrogen-bond acceptors (Lipinski definition) is 2. The summed E-state index contributed by atoms with van der Waals surface area (Å²) in [5.41, 5.74) is 7.17. The molecule has 1 saturated carbocycles. The third-order valence-corrected chi connectivity index (χ3v) is 4.48. The van der Waals surface area contributed by atoms with Gasteiger partial charge in [0, 0.05) is 29.5 Å². The summed E-state index contributed by atoms with van der Waals surface area (Å²) in [6.45, 7) is 2.79. The Hall–Kier alpha value is -0.870. The van der Waals surface area contributed by atoms with Crippen molar-refractivity contribution in [2.45, 2.75) is 57.7 Å². The number of hydrogen-bond donors (Lipinski definition) is 1. The van der Waals surface area contributed by atoms with Crippen LogP contribution in [0.1, 0.15) is 44.6 Å². The molecule has 0 bridgehead atoms. The summed E-state index contributed by atoms with van der Waals surface area (Å²) in [6, 6.07) is 8.51. The minimum absolute atomic E-state index is 0.00651. The number of carbonyl (C=O) groups excluding carboxylic acids is 1. The molecule has 0 radical (unpaired) electrons. The first-order valence-corrected chi connectivity index (χ1v) is 8.19. The van der Waals surface area contributed by atoms with E-state index in [4.69, 9.17) is 5.73 Å². The molecule has 0 heterocycles. The van der Waals surface area contributed by atoms with E-state index in [1.54, 1.807) is 0 Å². The molecule has 1 amide bonds. The molecule has 0 saturated heterocycles. The maximum atomic E-state index is 12.5. The Balaban J connectivity index is 2.00. The van der Waals surface area contributed by atoms with E-state index in [1.165, 1.54) is 0 Å². The smallest absolute Gasteiger partial charge is 0.224 e. The SMILES string of the molecule is CCCC(N)CC(=O)N(Cc1ccccc1Br)C1CC1. The lowest BCUT2D eigenvalue weighted by molar-refractivity contribution is -0.132. The van der Waals surface area contributed by atoms with Gasteiger partial charge in [-0.05, 0) is 30.9 Å². The largest absolute Gasteiger partial charge is 0.335 e. The van der Waals surface area contributed by atoms with Crippen molar-refractivity contribution in [3.8, 4) is 0 Å². The zero-order valence-electron chi connectivity index (χ0n) is 12.0. The van der Waals surface area contributed by atoms with Crippen LogP contribution in [0.3, 0.4) is 0 Å². The predicted molar refractivity (Wildman–Crippen MR) is 85.2 cm³/mol. The molecule has 1 aromatic rings. The van der Waals surface area contributed by atoms with Crippen LogP contribution < -0.4 is 5.73 Å². The Morgan fingerprint density at radius 1 is 1.45 bits per heavy atom. The van der Waals surface area contributed by atoms with Gasteiger partial charge in [-0.25, -0.2) is 0 Å². The molecule has 0 aliphatic heterocycles. The number of nitrogens with zero attached hydrogens (tertiary/aromatic N) is 1. The molecular formula is C16H23BrN2O. The fraction of sp³-hybridized carbons (Fsp3) is 0.562. The fourth-order valence-corrected chi connectivity index (χ4v) is 2.84. The molecule has 1 aliphatic carbocycles. The van der Waals surface area contributed by atoms with Gasteiger partial charge in [-0.1, -0.05) is 47.5 Å². The Bertz CT molecular complexity index is 460. The minimum atomic E-state index is -0.00651. The first kappa shape index (κ1) is 15.5. The van der Waals surface area contributed by atoms with E-state index in [0.29, 0.717) is 19.0 Å². The highest BCUT2D eigenvalue weighted by Gasteiger charge is 2.33. The summed E-state index contributed by atoms with van der Waals surface area (Å²) in [5.74, 6) is 0.198. The zero-order chi connectivity index (χ0) is 14.5. The summed E-state index contributed by atoms with van der Waals surface area (Å²) in [4.78, 5) is 14.5. The average molecular weight is 339 g/mol. The van der Waals surface area contributed by atoms with Gasteiger partial charge in [0.25, 0.3) is 0 Å². The molecule has 0 spiro atoms. The summed E-state index contributed by atoms with van der Waals surface area (Å²) < 4.78 is 1.07. The molecule has 20 heavy (non-hydrogen) atoms. The van der Waals surface area contributed by atoms with Crippen molar-refractivity contribution >= 4 is 21.8 Å². The van der Waals surface area contributed by atoms with Crippen molar-refractivity contribution < 1.29 is 4.79 Å². The first-order chi connectivity index (χ1) is 9.61. The summed E-state index contributed by atoms with van der Waals surface area (Å²) in [6.07, 6.45) is 4.66. The molecule has 1 atom stereocenters. The Morgan fingerprint density at radius 3 is 2.75 bits per heavy atom. The van der Waals surface area contributed by atoms with Crippen LogP contribution in [0.4, 0.5) is 0 Å². The number of halogens is 1. The summed E-state index contributed by atoms with van der Waals surface area (Å²) >= 11 is 3.56.